The minimum atomic E-state index is -0.720. The number of fused-ring (bicyclic) bond motifs is 1. The molecule has 1 N–H and O–H groups in total. The van der Waals surface area contributed by atoms with E-state index in [9.17, 15) is 17.6 Å². The van der Waals surface area contributed by atoms with Gasteiger partial charge in [-0.1, -0.05) is 12.1 Å². The number of hydrogen-bond acceptors (Lipinski definition) is 1. The van der Waals surface area contributed by atoms with Gasteiger partial charge in [0, 0.05) is 12.0 Å². The fourth-order valence-corrected chi connectivity index (χ4v) is 3.51. The Kier molecular flexibility index (Phi) is 4.41. The van der Waals surface area contributed by atoms with Crippen molar-refractivity contribution in [2.24, 2.45) is 0 Å². The lowest BCUT2D eigenvalue weighted by molar-refractivity contribution is 0.561. The van der Waals surface area contributed by atoms with Crippen molar-refractivity contribution in [2.45, 2.75) is 20.3 Å². The predicted octanol–water partition coefficient (Wildman–Crippen LogP) is 5.99. The van der Waals surface area contributed by atoms with Crippen molar-refractivity contribution in [2.75, 3.05) is 0 Å². The molecule has 6 heteroatoms. The lowest BCUT2D eigenvalue weighted by Gasteiger charge is -2.12. The third kappa shape index (κ3) is 2.95. The van der Waals surface area contributed by atoms with Crippen LogP contribution in [0.4, 0.5) is 17.6 Å². The third-order valence-corrected chi connectivity index (χ3v) is 4.99. The van der Waals surface area contributed by atoms with E-state index in [0.717, 1.165) is 23.3 Å². The van der Waals surface area contributed by atoms with E-state index >= 15 is 0 Å². The van der Waals surface area contributed by atoms with Gasteiger partial charge in [-0.05, 0) is 60.9 Å². The summed E-state index contributed by atoms with van der Waals surface area (Å²) in [6, 6.07) is 9.13. The van der Waals surface area contributed by atoms with Gasteiger partial charge in [-0.15, -0.1) is 0 Å². The number of H-pyrrole nitrogens is 1. The zero-order chi connectivity index (χ0) is 20.0. The maximum atomic E-state index is 14.1. The zero-order valence-electron chi connectivity index (χ0n) is 15.2. The van der Waals surface area contributed by atoms with Crippen LogP contribution in [-0.2, 0) is 6.42 Å². The van der Waals surface area contributed by atoms with Gasteiger partial charge >= 0.3 is 0 Å². The molecule has 4 aromatic rings. The van der Waals surface area contributed by atoms with E-state index in [4.69, 9.17) is 0 Å². The fourth-order valence-electron chi connectivity index (χ4n) is 3.51. The van der Waals surface area contributed by atoms with Crippen molar-refractivity contribution in [1.82, 2.24) is 9.97 Å². The first-order valence-electron chi connectivity index (χ1n) is 8.73. The molecule has 0 aliphatic rings. The number of aromatic nitrogens is 2. The van der Waals surface area contributed by atoms with E-state index < -0.39 is 23.3 Å². The summed E-state index contributed by atoms with van der Waals surface area (Å²) in [7, 11) is 0. The van der Waals surface area contributed by atoms with Crippen LogP contribution in [0.2, 0.25) is 0 Å². The van der Waals surface area contributed by atoms with Crippen LogP contribution in [0.5, 0.6) is 0 Å². The number of nitrogens with zero attached hydrogens (tertiary/aromatic N) is 1. The van der Waals surface area contributed by atoms with Gasteiger partial charge in [-0.3, -0.25) is 0 Å². The average Bonchev–Trinajstić information content (AvgIpc) is 3.04. The summed E-state index contributed by atoms with van der Waals surface area (Å²) >= 11 is 0. The lowest BCUT2D eigenvalue weighted by Crippen LogP contribution is -2.01. The normalized spacial score (nSPS) is 11.4. The molecule has 4 rings (SSSR count). The molecule has 0 spiro atoms. The third-order valence-electron chi connectivity index (χ3n) is 4.99. The maximum Gasteiger partial charge on any atom is 0.144 e. The monoisotopic (exact) mass is 384 g/mol. The Labute approximate surface area is 158 Å². The largest absolute Gasteiger partial charge is 0.338 e. The molecule has 0 bridgehead atoms. The van der Waals surface area contributed by atoms with Crippen LogP contribution in [-0.4, -0.2) is 9.97 Å². The molecule has 1 aromatic heterocycles. The highest BCUT2D eigenvalue weighted by atomic mass is 19.1. The van der Waals surface area contributed by atoms with Gasteiger partial charge in [0.2, 0.25) is 0 Å². The Balaban J connectivity index is 1.87. The predicted molar refractivity (Wildman–Crippen MR) is 100 cm³/mol. The topological polar surface area (TPSA) is 28.7 Å². The minimum absolute atomic E-state index is 0.0241. The molecular weight excluding hydrogens is 368 g/mol. The smallest absolute Gasteiger partial charge is 0.144 e. The van der Waals surface area contributed by atoms with Gasteiger partial charge in [0.15, 0.2) is 0 Å². The summed E-state index contributed by atoms with van der Waals surface area (Å²) in [5.74, 6) is -2.60. The summed E-state index contributed by atoms with van der Waals surface area (Å²) in [5.41, 5.74) is 3.08. The molecule has 0 aliphatic carbocycles. The van der Waals surface area contributed by atoms with Gasteiger partial charge in [0.1, 0.15) is 29.1 Å². The number of aromatic amines is 1. The van der Waals surface area contributed by atoms with Crippen molar-refractivity contribution in [3.8, 4) is 11.4 Å². The van der Waals surface area contributed by atoms with E-state index in [1.54, 1.807) is 13.0 Å². The van der Waals surface area contributed by atoms with Crippen LogP contribution in [0.3, 0.4) is 0 Å². The quantitative estimate of drug-likeness (QED) is 0.432. The molecule has 0 unspecified atom stereocenters. The van der Waals surface area contributed by atoms with E-state index in [2.05, 4.69) is 9.97 Å². The van der Waals surface area contributed by atoms with Gasteiger partial charge in [0.25, 0.3) is 0 Å². The Morgan fingerprint density at radius 3 is 2.00 bits per heavy atom. The van der Waals surface area contributed by atoms with Crippen LogP contribution in [0.1, 0.15) is 22.3 Å². The second-order valence-electron chi connectivity index (χ2n) is 6.75. The SMILES string of the molecule is Cc1cc2[nH]c(-c3c(F)cccc3F)nc2c(C)c1Cc1c(F)cccc1F. The van der Waals surface area contributed by atoms with Crippen molar-refractivity contribution >= 4 is 11.0 Å². The Morgan fingerprint density at radius 1 is 0.821 bits per heavy atom. The van der Waals surface area contributed by atoms with Crippen LogP contribution < -0.4 is 0 Å². The van der Waals surface area contributed by atoms with Gasteiger partial charge in [-0.25, -0.2) is 22.5 Å². The van der Waals surface area contributed by atoms with E-state index in [1.807, 2.05) is 6.92 Å². The molecule has 28 heavy (non-hydrogen) atoms. The number of benzene rings is 3. The molecule has 3 aromatic carbocycles. The average molecular weight is 384 g/mol. The summed E-state index contributed by atoms with van der Waals surface area (Å²) in [6.07, 6.45) is 0.0579. The zero-order valence-corrected chi connectivity index (χ0v) is 15.2. The number of imidazole rings is 1. The fraction of sp³-hybridized carbons (Fsp3) is 0.136. The van der Waals surface area contributed by atoms with Gasteiger partial charge in [0.05, 0.1) is 16.6 Å². The van der Waals surface area contributed by atoms with Crippen molar-refractivity contribution < 1.29 is 17.6 Å². The standard InChI is InChI=1S/C22H16F4N2/c1-11-9-19-21(28-22(27-19)20-17(25)7-4-8-18(20)26)12(2)13(11)10-14-15(23)5-3-6-16(14)24/h3-9H,10H2,1-2H3,(H,27,28). The maximum absolute atomic E-state index is 14.1. The minimum Gasteiger partial charge on any atom is -0.338 e. The van der Waals surface area contributed by atoms with Gasteiger partial charge < -0.3 is 4.98 Å². The first-order valence-corrected chi connectivity index (χ1v) is 8.73. The van der Waals surface area contributed by atoms with Crippen LogP contribution in [0, 0.1) is 37.1 Å². The summed E-state index contributed by atoms with van der Waals surface area (Å²) in [5, 5.41) is 0. The molecule has 0 radical (unpaired) electrons. The number of nitrogens with one attached hydrogen (secondary N) is 1. The number of rotatable bonds is 3. The Hall–Kier alpha value is -3.15. The number of aryl methyl sites for hydroxylation is 2. The van der Waals surface area contributed by atoms with Crippen molar-refractivity contribution in [3.05, 3.63) is 88.0 Å². The second kappa shape index (κ2) is 6.78. The first kappa shape index (κ1) is 18.2. The molecule has 2 nitrogen and oxygen atoms in total. The molecular formula is C22H16F4N2. The van der Waals surface area contributed by atoms with Crippen molar-refractivity contribution in [1.29, 1.82) is 0 Å². The molecule has 0 saturated heterocycles. The highest BCUT2D eigenvalue weighted by Gasteiger charge is 2.19. The van der Waals surface area contributed by atoms with Crippen LogP contribution in [0.25, 0.3) is 22.4 Å². The number of halogens is 4. The molecule has 0 fully saturated rings. The molecule has 0 atom stereocenters. The van der Waals surface area contributed by atoms with E-state index in [-0.39, 0.29) is 23.4 Å². The van der Waals surface area contributed by atoms with Crippen molar-refractivity contribution in [3.63, 3.8) is 0 Å². The van der Waals surface area contributed by atoms with Gasteiger partial charge in [-0.2, -0.15) is 0 Å². The van der Waals surface area contributed by atoms with E-state index in [0.29, 0.717) is 16.6 Å². The summed E-state index contributed by atoms with van der Waals surface area (Å²) in [6.45, 7) is 3.61. The first-order chi connectivity index (χ1) is 13.4. The summed E-state index contributed by atoms with van der Waals surface area (Å²) < 4.78 is 56.4. The Bertz CT molecular complexity index is 1170. The van der Waals surface area contributed by atoms with E-state index in [1.165, 1.54) is 24.3 Å². The second-order valence-corrected chi connectivity index (χ2v) is 6.75. The molecule has 0 saturated carbocycles. The Morgan fingerprint density at radius 2 is 1.39 bits per heavy atom. The highest BCUT2D eigenvalue weighted by molar-refractivity contribution is 5.84. The highest BCUT2D eigenvalue weighted by Crippen LogP contribution is 2.31. The number of hydrogen-bond donors (Lipinski definition) is 1. The summed E-state index contributed by atoms with van der Waals surface area (Å²) in [4.78, 5) is 7.32. The molecule has 0 aliphatic heterocycles. The lowest BCUT2D eigenvalue weighted by atomic mass is 9.94. The molecule has 0 amide bonds. The molecule has 142 valence electrons. The van der Waals surface area contributed by atoms with Crippen LogP contribution >= 0.6 is 0 Å². The van der Waals surface area contributed by atoms with Crippen LogP contribution in [0.15, 0.2) is 42.5 Å². The molecule has 1 heterocycles.